The molecule has 104 valence electrons. The van der Waals surface area contributed by atoms with Gasteiger partial charge in [0.2, 0.25) is 0 Å². The number of rotatable bonds is 5. The first-order chi connectivity index (χ1) is 9.27. The van der Waals surface area contributed by atoms with Crippen LogP contribution in [0.4, 0.5) is 0 Å². The monoisotopic (exact) mass is 259 g/mol. The van der Waals surface area contributed by atoms with E-state index in [4.69, 9.17) is 4.74 Å². The summed E-state index contributed by atoms with van der Waals surface area (Å²) in [7, 11) is 0. The van der Waals surface area contributed by atoms with Crippen LogP contribution in [-0.4, -0.2) is 37.7 Å². The van der Waals surface area contributed by atoms with Crippen molar-refractivity contribution in [3.05, 3.63) is 47.5 Å². The van der Waals surface area contributed by atoms with E-state index in [9.17, 15) is 0 Å². The van der Waals surface area contributed by atoms with Crippen LogP contribution in [0.15, 0.2) is 36.4 Å². The molecule has 19 heavy (non-hydrogen) atoms. The molecule has 1 unspecified atom stereocenters. The lowest BCUT2D eigenvalue weighted by molar-refractivity contribution is 0.0434. The Morgan fingerprint density at radius 2 is 1.95 bits per heavy atom. The number of aryl methyl sites for hydroxylation is 1. The highest BCUT2D eigenvalue weighted by Gasteiger charge is 2.08. The topological polar surface area (TPSA) is 12.5 Å². The van der Waals surface area contributed by atoms with Crippen molar-refractivity contribution >= 4 is 0 Å². The van der Waals surface area contributed by atoms with E-state index >= 15 is 0 Å². The Kier molecular flexibility index (Phi) is 5.62. The minimum Gasteiger partial charge on any atom is -0.379 e. The number of benzene rings is 1. The molecule has 1 heterocycles. The van der Waals surface area contributed by atoms with Gasteiger partial charge in [-0.2, -0.15) is 0 Å². The molecule has 0 N–H and O–H groups in total. The number of hydrogen-bond acceptors (Lipinski definition) is 2. The van der Waals surface area contributed by atoms with E-state index in [1.54, 1.807) is 0 Å². The summed E-state index contributed by atoms with van der Waals surface area (Å²) in [5.41, 5.74) is 2.87. The molecule has 1 aliphatic rings. The molecule has 2 nitrogen and oxygen atoms in total. The molecule has 1 aromatic carbocycles. The molecule has 0 saturated carbocycles. The van der Waals surface area contributed by atoms with Crippen LogP contribution in [0.2, 0.25) is 0 Å². The third kappa shape index (κ3) is 4.48. The molecule has 1 aromatic rings. The molecule has 1 saturated heterocycles. The first-order valence-corrected chi connectivity index (χ1v) is 7.28. The van der Waals surface area contributed by atoms with E-state index < -0.39 is 0 Å². The van der Waals surface area contributed by atoms with Crippen molar-refractivity contribution in [3.63, 3.8) is 0 Å². The van der Waals surface area contributed by atoms with Crippen LogP contribution >= 0.6 is 0 Å². The SMILES string of the molecule is Cc1ccccc1C(C)C/C=C/CN1CCOCC1. The summed E-state index contributed by atoms with van der Waals surface area (Å²) in [4.78, 5) is 2.44. The van der Waals surface area contributed by atoms with Crippen molar-refractivity contribution < 1.29 is 4.74 Å². The molecule has 1 aliphatic heterocycles. The van der Waals surface area contributed by atoms with E-state index in [-0.39, 0.29) is 0 Å². The Hall–Kier alpha value is -1.12. The normalized spacial score (nSPS) is 18.8. The van der Waals surface area contributed by atoms with Gasteiger partial charge in [-0.3, -0.25) is 4.90 Å². The van der Waals surface area contributed by atoms with Gasteiger partial charge in [0.25, 0.3) is 0 Å². The lowest BCUT2D eigenvalue weighted by Gasteiger charge is -2.25. The third-order valence-electron chi connectivity index (χ3n) is 3.84. The summed E-state index contributed by atoms with van der Waals surface area (Å²) >= 11 is 0. The fourth-order valence-corrected chi connectivity index (χ4v) is 2.57. The molecule has 2 heteroatoms. The standard InChI is InChI=1S/C17H25NO/c1-15-7-3-4-9-17(15)16(2)8-5-6-10-18-11-13-19-14-12-18/h3-7,9,16H,8,10-14H2,1-2H3/b6-5+. The number of morpholine rings is 1. The fraction of sp³-hybridized carbons (Fsp3) is 0.529. The van der Waals surface area contributed by atoms with Crippen LogP contribution in [0, 0.1) is 6.92 Å². The first-order valence-electron chi connectivity index (χ1n) is 7.28. The second-order valence-electron chi connectivity index (χ2n) is 5.38. The molecular weight excluding hydrogens is 234 g/mol. The molecule has 1 atom stereocenters. The van der Waals surface area contributed by atoms with Crippen molar-refractivity contribution in [1.82, 2.24) is 4.90 Å². The molecule has 1 fully saturated rings. The Morgan fingerprint density at radius 1 is 1.21 bits per heavy atom. The zero-order chi connectivity index (χ0) is 13.5. The van der Waals surface area contributed by atoms with Crippen LogP contribution in [-0.2, 0) is 4.74 Å². The number of nitrogens with zero attached hydrogens (tertiary/aromatic N) is 1. The van der Waals surface area contributed by atoms with E-state index in [2.05, 4.69) is 55.2 Å². The third-order valence-corrected chi connectivity index (χ3v) is 3.84. The molecule has 0 spiro atoms. The van der Waals surface area contributed by atoms with E-state index in [0.29, 0.717) is 5.92 Å². The van der Waals surface area contributed by atoms with Gasteiger partial charge in [0.15, 0.2) is 0 Å². The van der Waals surface area contributed by atoms with Crippen LogP contribution in [0.3, 0.4) is 0 Å². The molecule has 0 aromatic heterocycles. The molecular formula is C17H25NO. The van der Waals surface area contributed by atoms with E-state index in [0.717, 1.165) is 39.3 Å². The molecule has 2 rings (SSSR count). The summed E-state index contributed by atoms with van der Waals surface area (Å²) in [5.74, 6) is 0.599. The molecule has 0 bridgehead atoms. The second kappa shape index (κ2) is 7.46. The maximum Gasteiger partial charge on any atom is 0.0594 e. The summed E-state index contributed by atoms with van der Waals surface area (Å²) in [6.45, 7) is 9.46. The Morgan fingerprint density at radius 3 is 2.68 bits per heavy atom. The van der Waals surface area contributed by atoms with Crippen molar-refractivity contribution in [3.8, 4) is 0 Å². The minimum absolute atomic E-state index is 0.599. The summed E-state index contributed by atoms with van der Waals surface area (Å²) in [6, 6.07) is 8.69. The largest absolute Gasteiger partial charge is 0.379 e. The van der Waals surface area contributed by atoms with Gasteiger partial charge < -0.3 is 4.74 Å². The van der Waals surface area contributed by atoms with Crippen LogP contribution in [0.1, 0.15) is 30.4 Å². The highest BCUT2D eigenvalue weighted by molar-refractivity contribution is 5.29. The van der Waals surface area contributed by atoms with Gasteiger partial charge in [0, 0.05) is 19.6 Å². The van der Waals surface area contributed by atoms with Gasteiger partial charge in [0.1, 0.15) is 0 Å². The quantitative estimate of drug-likeness (QED) is 0.752. The van der Waals surface area contributed by atoms with Gasteiger partial charge >= 0.3 is 0 Å². The lowest BCUT2D eigenvalue weighted by Crippen LogP contribution is -2.36. The predicted octanol–water partition coefficient (Wildman–Crippen LogP) is 3.38. The van der Waals surface area contributed by atoms with Crippen molar-refractivity contribution in [2.24, 2.45) is 0 Å². The van der Waals surface area contributed by atoms with Gasteiger partial charge in [-0.25, -0.2) is 0 Å². The van der Waals surface area contributed by atoms with Gasteiger partial charge in [-0.1, -0.05) is 43.3 Å². The highest BCUT2D eigenvalue weighted by Crippen LogP contribution is 2.22. The summed E-state index contributed by atoms with van der Waals surface area (Å²) in [6.07, 6.45) is 5.75. The number of hydrogen-bond donors (Lipinski definition) is 0. The zero-order valence-corrected chi connectivity index (χ0v) is 12.1. The lowest BCUT2D eigenvalue weighted by atomic mass is 9.94. The summed E-state index contributed by atoms with van der Waals surface area (Å²) in [5, 5.41) is 0. The van der Waals surface area contributed by atoms with Crippen molar-refractivity contribution in [2.45, 2.75) is 26.2 Å². The zero-order valence-electron chi connectivity index (χ0n) is 12.1. The first kappa shape index (κ1) is 14.3. The van der Waals surface area contributed by atoms with Gasteiger partial charge in [-0.15, -0.1) is 0 Å². The summed E-state index contributed by atoms with van der Waals surface area (Å²) < 4.78 is 5.35. The van der Waals surface area contributed by atoms with Crippen LogP contribution < -0.4 is 0 Å². The van der Waals surface area contributed by atoms with Crippen LogP contribution in [0.25, 0.3) is 0 Å². The Labute approximate surface area is 117 Å². The maximum atomic E-state index is 5.35. The second-order valence-corrected chi connectivity index (χ2v) is 5.38. The van der Waals surface area contributed by atoms with E-state index in [1.165, 1.54) is 11.1 Å². The minimum atomic E-state index is 0.599. The molecule has 0 radical (unpaired) electrons. The fourth-order valence-electron chi connectivity index (χ4n) is 2.57. The van der Waals surface area contributed by atoms with Crippen molar-refractivity contribution in [2.75, 3.05) is 32.8 Å². The Bertz CT molecular complexity index is 407. The van der Waals surface area contributed by atoms with Gasteiger partial charge in [-0.05, 0) is 30.4 Å². The number of allylic oxidation sites excluding steroid dienone is 1. The smallest absolute Gasteiger partial charge is 0.0594 e. The Balaban J connectivity index is 1.76. The van der Waals surface area contributed by atoms with E-state index in [1.807, 2.05) is 0 Å². The maximum absolute atomic E-state index is 5.35. The van der Waals surface area contributed by atoms with Crippen molar-refractivity contribution in [1.29, 1.82) is 0 Å². The molecule has 0 amide bonds. The number of ether oxygens (including phenoxy) is 1. The highest BCUT2D eigenvalue weighted by atomic mass is 16.5. The van der Waals surface area contributed by atoms with Crippen LogP contribution in [0.5, 0.6) is 0 Å². The molecule has 0 aliphatic carbocycles. The average Bonchev–Trinajstić information content (AvgIpc) is 2.45. The average molecular weight is 259 g/mol. The van der Waals surface area contributed by atoms with Gasteiger partial charge in [0.05, 0.1) is 13.2 Å². The predicted molar refractivity (Wildman–Crippen MR) is 80.6 cm³/mol.